The Hall–Kier alpha value is -3.02. The lowest BCUT2D eigenvalue weighted by molar-refractivity contribution is -0.130. The standard InChI is InChI=1S/C21H26N2O4/c1-16(24)23(18-10-11-19(26-3)20(14-18)27-4)13-12-21(25)22(2)15-17-8-6-5-7-9-17/h5-11,14H,12-13,15H2,1-4H3. The Labute approximate surface area is 160 Å². The van der Waals surface area contributed by atoms with Crippen molar-refractivity contribution in [2.24, 2.45) is 0 Å². The van der Waals surface area contributed by atoms with Crippen molar-refractivity contribution in [3.8, 4) is 11.5 Å². The van der Waals surface area contributed by atoms with Gasteiger partial charge in [0, 0.05) is 45.2 Å². The predicted molar refractivity (Wildman–Crippen MR) is 105 cm³/mol. The van der Waals surface area contributed by atoms with Crippen molar-refractivity contribution in [3.63, 3.8) is 0 Å². The summed E-state index contributed by atoms with van der Waals surface area (Å²) < 4.78 is 10.5. The van der Waals surface area contributed by atoms with Crippen molar-refractivity contribution in [2.45, 2.75) is 19.9 Å². The van der Waals surface area contributed by atoms with Crippen LogP contribution in [0, 0.1) is 0 Å². The number of ether oxygens (including phenoxy) is 2. The van der Waals surface area contributed by atoms with Crippen LogP contribution in [0.3, 0.4) is 0 Å². The Balaban J connectivity index is 2.04. The lowest BCUT2D eigenvalue weighted by atomic mass is 10.2. The van der Waals surface area contributed by atoms with Gasteiger partial charge in [0.15, 0.2) is 11.5 Å². The number of benzene rings is 2. The summed E-state index contributed by atoms with van der Waals surface area (Å²) in [6.45, 7) is 2.31. The van der Waals surface area contributed by atoms with E-state index in [1.807, 2.05) is 30.3 Å². The molecule has 0 N–H and O–H groups in total. The van der Waals surface area contributed by atoms with E-state index in [9.17, 15) is 9.59 Å². The van der Waals surface area contributed by atoms with Gasteiger partial charge in [-0.15, -0.1) is 0 Å². The first-order valence-corrected chi connectivity index (χ1v) is 8.74. The minimum absolute atomic E-state index is 0.0226. The van der Waals surface area contributed by atoms with Crippen molar-refractivity contribution in [1.82, 2.24) is 4.90 Å². The normalized spacial score (nSPS) is 10.2. The number of rotatable bonds is 8. The Kier molecular flexibility index (Phi) is 7.23. The molecule has 0 aliphatic heterocycles. The minimum Gasteiger partial charge on any atom is -0.493 e. The molecule has 0 aliphatic rings. The smallest absolute Gasteiger partial charge is 0.224 e. The average Bonchev–Trinajstić information content (AvgIpc) is 2.68. The molecule has 0 aliphatic carbocycles. The largest absolute Gasteiger partial charge is 0.493 e. The van der Waals surface area contributed by atoms with Gasteiger partial charge in [0.2, 0.25) is 11.8 Å². The second-order valence-corrected chi connectivity index (χ2v) is 6.20. The van der Waals surface area contributed by atoms with Crippen molar-refractivity contribution in [3.05, 3.63) is 54.1 Å². The molecule has 2 aromatic carbocycles. The maximum atomic E-state index is 12.5. The molecule has 0 aromatic heterocycles. The van der Waals surface area contributed by atoms with Gasteiger partial charge < -0.3 is 19.3 Å². The van der Waals surface area contributed by atoms with Crippen molar-refractivity contribution in [1.29, 1.82) is 0 Å². The van der Waals surface area contributed by atoms with Gasteiger partial charge in [0.25, 0.3) is 0 Å². The number of carbonyl (C=O) groups is 2. The highest BCUT2D eigenvalue weighted by Crippen LogP contribution is 2.31. The molecule has 0 bridgehead atoms. The molecule has 0 saturated heterocycles. The molecule has 2 amide bonds. The molecule has 0 spiro atoms. The lowest BCUT2D eigenvalue weighted by Crippen LogP contribution is -2.34. The summed E-state index contributed by atoms with van der Waals surface area (Å²) in [5.74, 6) is 0.962. The van der Waals surface area contributed by atoms with Crippen LogP contribution in [-0.2, 0) is 16.1 Å². The van der Waals surface area contributed by atoms with Gasteiger partial charge >= 0.3 is 0 Å². The van der Waals surface area contributed by atoms with E-state index < -0.39 is 0 Å². The summed E-state index contributed by atoms with van der Waals surface area (Å²) in [5.41, 5.74) is 1.73. The van der Waals surface area contributed by atoms with Crippen LogP contribution in [0.1, 0.15) is 18.9 Å². The van der Waals surface area contributed by atoms with Gasteiger partial charge in [0.05, 0.1) is 14.2 Å². The maximum Gasteiger partial charge on any atom is 0.224 e. The maximum absolute atomic E-state index is 12.5. The van der Waals surface area contributed by atoms with Crippen LogP contribution in [0.2, 0.25) is 0 Å². The number of anilines is 1. The molecule has 2 aromatic rings. The first-order chi connectivity index (χ1) is 13.0. The predicted octanol–water partition coefficient (Wildman–Crippen LogP) is 3.11. The summed E-state index contributed by atoms with van der Waals surface area (Å²) in [6.07, 6.45) is 0.233. The highest BCUT2D eigenvalue weighted by atomic mass is 16.5. The quantitative estimate of drug-likeness (QED) is 0.716. The number of amides is 2. The minimum atomic E-state index is -0.138. The Bertz CT molecular complexity index is 777. The van der Waals surface area contributed by atoms with E-state index in [-0.39, 0.29) is 18.2 Å². The van der Waals surface area contributed by atoms with E-state index in [1.54, 1.807) is 49.3 Å². The summed E-state index contributed by atoms with van der Waals surface area (Å²) in [7, 11) is 4.87. The highest BCUT2D eigenvalue weighted by Gasteiger charge is 2.17. The third-order valence-electron chi connectivity index (χ3n) is 4.30. The zero-order chi connectivity index (χ0) is 19.8. The van der Waals surface area contributed by atoms with E-state index in [0.717, 1.165) is 5.56 Å². The molecule has 0 fully saturated rings. The fourth-order valence-corrected chi connectivity index (χ4v) is 2.80. The van der Waals surface area contributed by atoms with E-state index in [2.05, 4.69) is 0 Å². The van der Waals surface area contributed by atoms with Crippen LogP contribution in [0.15, 0.2) is 48.5 Å². The zero-order valence-corrected chi connectivity index (χ0v) is 16.3. The van der Waals surface area contributed by atoms with Crippen molar-refractivity contribution in [2.75, 3.05) is 32.7 Å². The fraction of sp³-hybridized carbons (Fsp3) is 0.333. The molecule has 0 unspecified atom stereocenters. The molecule has 0 atom stereocenters. The molecule has 27 heavy (non-hydrogen) atoms. The van der Waals surface area contributed by atoms with Crippen molar-refractivity contribution >= 4 is 17.5 Å². The third kappa shape index (κ3) is 5.48. The Morgan fingerprint density at radius 2 is 1.63 bits per heavy atom. The topological polar surface area (TPSA) is 59.1 Å². The monoisotopic (exact) mass is 370 g/mol. The molecule has 0 heterocycles. The van der Waals surface area contributed by atoms with Crippen LogP contribution >= 0.6 is 0 Å². The summed E-state index contributed by atoms with van der Waals surface area (Å²) in [4.78, 5) is 27.8. The van der Waals surface area contributed by atoms with Crippen molar-refractivity contribution < 1.29 is 19.1 Å². The van der Waals surface area contributed by atoms with Gasteiger partial charge in [-0.25, -0.2) is 0 Å². The second-order valence-electron chi connectivity index (χ2n) is 6.20. The van der Waals surface area contributed by atoms with Gasteiger partial charge in [-0.1, -0.05) is 30.3 Å². The van der Waals surface area contributed by atoms with E-state index in [1.165, 1.54) is 6.92 Å². The lowest BCUT2D eigenvalue weighted by Gasteiger charge is -2.24. The van der Waals surface area contributed by atoms with Gasteiger partial charge in [0.1, 0.15) is 0 Å². The fourth-order valence-electron chi connectivity index (χ4n) is 2.80. The Morgan fingerprint density at radius 1 is 0.963 bits per heavy atom. The first kappa shape index (κ1) is 20.3. The van der Waals surface area contributed by atoms with E-state index >= 15 is 0 Å². The number of hydrogen-bond acceptors (Lipinski definition) is 4. The molecule has 0 saturated carbocycles. The molecular formula is C21H26N2O4. The third-order valence-corrected chi connectivity index (χ3v) is 4.30. The first-order valence-electron chi connectivity index (χ1n) is 8.74. The zero-order valence-electron chi connectivity index (χ0n) is 16.3. The summed E-state index contributed by atoms with van der Waals surface area (Å²) in [5, 5.41) is 0. The highest BCUT2D eigenvalue weighted by molar-refractivity contribution is 5.92. The Morgan fingerprint density at radius 3 is 2.22 bits per heavy atom. The number of carbonyl (C=O) groups excluding carboxylic acids is 2. The molecule has 6 heteroatoms. The van der Waals surface area contributed by atoms with E-state index in [0.29, 0.717) is 30.3 Å². The molecule has 144 valence electrons. The molecular weight excluding hydrogens is 344 g/mol. The van der Waals surface area contributed by atoms with Gasteiger partial charge in [-0.2, -0.15) is 0 Å². The van der Waals surface area contributed by atoms with Gasteiger partial charge in [-0.3, -0.25) is 9.59 Å². The summed E-state index contributed by atoms with van der Waals surface area (Å²) in [6, 6.07) is 15.1. The number of nitrogens with zero attached hydrogens (tertiary/aromatic N) is 2. The van der Waals surface area contributed by atoms with Gasteiger partial charge in [-0.05, 0) is 17.7 Å². The number of hydrogen-bond donors (Lipinski definition) is 0. The van der Waals surface area contributed by atoms with Crippen LogP contribution < -0.4 is 14.4 Å². The summed E-state index contributed by atoms with van der Waals surface area (Å²) >= 11 is 0. The molecule has 2 rings (SSSR count). The van der Waals surface area contributed by atoms with Crippen LogP contribution in [0.5, 0.6) is 11.5 Å². The SMILES string of the molecule is COc1ccc(N(CCC(=O)N(C)Cc2ccccc2)C(C)=O)cc1OC. The van der Waals surface area contributed by atoms with E-state index in [4.69, 9.17) is 9.47 Å². The van der Waals surface area contributed by atoms with Crippen LogP contribution in [0.4, 0.5) is 5.69 Å². The average molecular weight is 370 g/mol. The number of methoxy groups -OCH3 is 2. The van der Waals surface area contributed by atoms with Crippen LogP contribution in [0.25, 0.3) is 0 Å². The van der Waals surface area contributed by atoms with Crippen LogP contribution in [-0.4, -0.2) is 44.5 Å². The second kappa shape index (κ2) is 9.62. The molecule has 6 nitrogen and oxygen atoms in total. The molecule has 0 radical (unpaired) electrons.